The summed E-state index contributed by atoms with van der Waals surface area (Å²) < 4.78 is 0. The minimum Gasteiger partial charge on any atom is -0.311 e. The van der Waals surface area contributed by atoms with Crippen LogP contribution in [-0.4, -0.2) is 12.1 Å². The van der Waals surface area contributed by atoms with E-state index in [4.69, 9.17) is 0 Å². The maximum atomic E-state index is 3.64. The first-order valence-electron chi connectivity index (χ1n) is 7.18. The minimum atomic E-state index is 0.199. The summed E-state index contributed by atoms with van der Waals surface area (Å²) in [6, 6.07) is 10.9. The average Bonchev–Trinajstić information content (AvgIpc) is 2.28. The molecule has 1 nitrogen and oxygen atoms in total. The highest BCUT2D eigenvalue weighted by Gasteiger charge is 2.16. The largest absolute Gasteiger partial charge is 0.311 e. The Balaban J connectivity index is 2.63. The Morgan fingerprint density at radius 1 is 1.00 bits per heavy atom. The molecule has 0 aliphatic heterocycles. The molecule has 0 aromatic heterocycles. The summed E-state index contributed by atoms with van der Waals surface area (Å²) in [5.74, 6) is 1.42. The zero-order valence-corrected chi connectivity index (χ0v) is 12.7. The summed E-state index contributed by atoms with van der Waals surface area (Å²) >= 11 is 0. The van der Waals surface area contributed by atoms with Crippen molar-refractivity contribution in [1.82, 2.24) is 5.32 Å². The van der Waals surface area contributed by atoms with Gasteiger partial charge in [-0.25, -0.2) is 0 Å². The molecule has 0 fully saturated rings. The monoisotopic (exact) mass is 247 g/mol. The number of benzene rings is 1. The molecule has 18 heavy (non-hydrogen) atoms. The van der Waals surface area contributed by atoms with Crippen LogP contribution in [0, 0.1) is 5.92 Å². The van der Waals surface area contributed by atoms with Gasteiger partial charge in [-0.2, -0.15) is 0 Å². The maximum Gasteiger partial charge on any atom is 0.00967 e. The molecule has 0 amide bonds. The van der Waals surface area contributed by atoms with Crippen LogP contribution in [0.15, 0.2) is 30.3 Å². The van der Waals surface area contributed by atoms with Gasteiger partial charge >= 0.3 is 0 Å². The first-order valence-corrected chi connectivity index (χ1v) is 7.18. The Kier molecular flexibility index (Phi) is 5.87. The molecule has 1 aromatic carbocycles. The third-order valence-electron chi connectivity index (χ3n) is 3.24. The molecule has 0 bridgehead atoms. The van der Waals surface area contributed by atoms with Gasteiger partial charge in [-0.15, -0.1) is 0 Å². The summed E-state index contributed by atoms with van der Waals surface area (Å²) in [6.07, 6.45) is 2.57. The van der Waals surface area contributed by atoms with E-state index in [1.165, 1.54) is 18.4 Å². The van der Waals surface area contributed by atoms with Crippen molar-refractivity contribution >= 4 is 0 Å². The highest BCUT2D eigenvalue weighted by molar-refractivity contribution is 5.19. The van der Waals surface area contributed by atoms with Crippen LogP contribution in [0.1, 0.15) is 58.9 Å². The van der Waals surface area contributed by atoms with Gasteiger partial charge in [0.1, 0.15) is 0 Å². The smallest absolute Gasteiger partial charge is 0.00967 e. The quantitative estimate of drug-likeness (QED) is 0.775. The second-order valence-electron chi connectivity index (χ2n) is 6.71. The Hall–Kier alpha value is -0.820. The van der Waals surface area contributed by atoms with Crippen LogP contribution in [-0.2, 0) is 0 Å². The van der Waals surface area contributed by atoms with Gasteiger partial charge in [0, 0.05) is 12.1 Å². The van der Waals surface area contributed by atoms with Crippen LogP contribution < -0.4 is 5.32 Å². The van der Waals surface area contributed by atoms with E-state index in [2.05, 4.69) is 70.3 Å². The molecule has 1 heteroatoms. The van der Waals surface area contributed by atoms with E-state index in [0.717, 1.165) is 12.5 Å². The molecule has 1 rings (SSSR count). The maximum absolute atomic E-state index is 3.64. The lowest BCUT2D eigenvalue weighted by molar-refractivity contribution is 0.387. The van der Waals surface area contributed by atoms with Crippen molar-refractivity contribution in [1.29, 1.82) is 0 Å². The van der Waals surface area contributed by atoms with E-state index >= 15 is 0 Å². The fourth-order valence-electron chi connectivity index (χ4n) is 2.08. The molecule has 1 unspecified atom stereocenters. The van der Waals surface area contributed by atoms with E-state index in [1.807, 2.05) is 0 Å². The molecule has 0 spiro atoms. The molecule has 1 N–H and O–H groups in total. The summed E-state index contributed by atoms with van der Waals surface area (Å²) in [5, 5.41) is 3.64. The second-order valence-corrected chi connectivity index (χ2v) is 6.71. The molecule has 0 saturated carbocycles. The summed E-state index contributed by atoms with van der Waals surface area (Å²) in [4.78, 5) is 0. The number of rotatable bonds is 6. The van der Waals surface area contributed by atoms with Crippen molar-refractivity contribution in [2.24, 2.45) is 5.92 Å². The van der Waals surface area contributed by atoms with Crippen molar-refractivity contribution in [3.8, 4) is 0 Å². The Bertz CT molecular complexity index is 321. The van der Waals surface area contributed by atoms with Gasteiger partial charge in [0.2, 0.25) is 0 Å². The predicted octanol–water partition coefficient (Wildman–Crippen LogP) is 4.59. The fraction of sp³-hybridized carbons (Fsp3) is 0.647. The van der Waals surface area contributed by atoms with Crippen LogP contribution in [0.2, 0.25) is 0 Å². The third kappa shape index (κ3) is 6.20. The van der Waals surface area contributed by atoms with E-state index in [0.29, 0.717) is 5.92 Å². The lowest BCUT2D eigenvalue weighted by atomic mass is 9.90. The van der Waals surface area contributed by atoms with Gasteiger partial charge in [-0.05, 0) is 44.6 Å². The van der Waals surface area contributed by atoms with Crippen molar-refractivity contribution in [2.45, 2.75) is 58.9 Å². The third-order valence-corrected chi connectivity index (χ3v) is 3.24. The van der Waals surface area contributed by atoms with E-state index in [1.54, 1.807) is 0 Å². The SMILES string of the molecule is CC(C)CCC(CNC(C)(C)C)c1ccccc1. The molecule has 0 saturated heterocycles. The van der Waals surface area contributed by atoms with Crippen LogP contribution in [0.5, 0.6) is 0 Å². The minimum absolute atomic E-state index is 0.199. The van der Waals surface area contributed by atoms with E-state index in [9.17, 15) is 0 Å². The molecule has 102 valence electrons. The summed E-state index contributed by atoms with van der Waals surface area (Å²) in [5.41, 5.74) is 1.67. The van der Waals surface area contributed by atoms with Gasteiger partial charge in [-0.1, -0.05) is 50.6 Å². The lowest BCUT2D eigenvalue weighted by Gasteiger charge is -2.26. The molecule has 1 aromatic rings. The van der Waals surface area contributed by atoms with E-state index in [-0.39, 0.29) is 5.54 Å². The summed E-state index contributed by atoms with van der Waals surface area (Å²) in [6.45, 7) is 12.4. The first-order chi connectivity index (χ1) is 8.38. The van der Waals surface area contributed by atoms with Crippen molar-refractivity contribution in [2.75, 3.05) is 6.54 Å². The molecular weight excluding hydrogens is 218 g/mol. The van der Waals surface area contributed by atoms with Gasteiger partial charge in [0.15, 0.2) is 0 Å². The molecule has 1 atom stereocenters. The molecule has 0 heterocycles. The van der Waals surface area contributed by atoms with Crippen molar-refractivity contribution in [3.63, 3.8) is 0 Å². The summed E-state index contributed by atoms with van der Waals surface area (Å²) in [7, 11) is 0. The lowest BCUT2D eigenvalue weighted by Crippen LogP contribution is -2.38. The van der Waals surface area contributed by atoms with Crippen LogP contribution in [0.25, 0.3) is 0 Å². The molecule has 0 aliphatic carbocycles. The average molecular weight is 247 g/mol. The highest BCUT2D eigenvalue weighted by Crippen LogP contribution is 2.23. The highest BCUT2D eigenvalue weighted by atomic mass is 14.9. The van der Waals surface area contributed by atoms with Gasteiger partial charge in [0.25, 0.3) is 0 Å². The van der Waals surface area contributed by atoms with Crippen molar-refractivity contribution in [3.05, 3.63) is 35.9 Å². The Morgan fingerprint density at radius 3 is 2.11 bits per heavy atom. The number of hydrogen-bond donors (Lipinski definition) is 1. The van der Waals surface area contributed by atoms with E-state index < -0.39 is 0 Å². The second kappa shape index (κ2) is 6.94. The van der Waals surface area contributed by atoms with Crippen molar-refractivity contribution < 1.29 is 0 Å². The van der Waals surface area contributed by atoms with Gasteiger partial charge in [-0.3, -0.25) is 0 Å². The van der Waals surface area contributed by atoms with Gasteiger partial charge in [0.05, 0.1) is 0 Å². The van der Waals surface area contributed by atoms with Gasteiger partial charge < -0.3 is 5.32 Å². The van der Waals surface area contributed by atoms with Crippen LogP contribution in [0.4, 0.5) is 0 Å². The fourth-order valence-corrected chi connectivity index (χ4v) is 2.08. The molecule has 0 radical (unpaired) electrons. The van der Waals surface area contributed by atoms with Crippen LogP contribution in [0.3, 0.4) is 0 Å². The topological polar surface area (TPSA) is 12.0 Å². The Labute approximate surface area is 113 Å². The normalized spacial score (nSPS) is 13.9. The van der Waals surface area contributed by atoms with Crippen LogP contribution >= 0.6 is 0 Å². The standard InChI is InChI=1S/C17H29N/c1-14(2)11-12-16(13-18-17(3,4)5)15-9-7-6-8-10-15/h6-10,14,16,18H,11-13H2,1-5H3. The number of nitrogens with one attached hydrogen (secondary N) is 1. The number of hydrogen-bond acceptors (Lipinski definition) is 1. The zero-order valence-electron chi connectivity index (χ0n) is 12.7. The zero-order chi connectivity index (χ0) is 13.6. The first kappa shape index (κ1) is 15.2. The Morgan fingerprint density at radius 2 is 1.61 bits per heavy atom. The molecular formula is C17H29N. The predicted molar refractivity (Wildman–Crippen MR) is 81.0 cm³/mol. The molecule has 0 aliphatic rings.